The van der Waals surface area contributed by atoms with Crippen LogP contribution < -0.4 is 10.5 Å². The summed E-state index contributed by atoms with van der Waals surface area (Å²) in [5, 5.41) is 9.72. The molecule has 1 saturated heterocycles. The van der Waals surface area contributed by atoms with E-state index in [0.717, 1.165) is 6.42 Å². The van der Waals surface area contributed by atoms with Gasteiger partial charge < -0.3 is 14.9 Å². The number of likely N-dealkylation sites (tertiary alicyclic amines) is 1. The summed E-state index contributed by atoms with van der Waals surface area (Å²) in [5.74, 6) is 0.211. The van der Waals surface area contributed by atoms with E-state index >= 15 is 0 Å². The lowest BCUT2D eigenvalue weighted by Gasteiger charge is -2.50. The van der Waals surface area contributed by atoms with Crippen molar-refractivity contribution in [1.29, 1.82) is 0 Å². The van der Waals surface area contributed by atoms with E-state index in [0.29, 0.717) is 42.4 Å². The van der Waals surface area contributed by atoms with Crippen molar-refractivity contribution < 1.29 is 14.7 Å². The van der Waals surface area contributed by atoms with Crippen molar-refractivity contribution in [1.82, 2.24) is 24.4 Å². The highest BCUT2D eigenvalue weighted by Crippen LogP contribution is 2.43. The molecule has 5 rings (SSSR count). The molecule has 1 amide bonds. The lowest BCUT2D eigenvalue weighted by Crippen LogP contribution is -2.63. The number of nitrogens with zero attached hydrogens (tertiary/aromatic N) is 6. The molecule has 3 aromatic rings. The number of amides is 1. The second-order valence-electron chi connectivity index (χ2n) is 9.02. The molecule has 1 spiro atoms. The number of fused-ring (bicyclic) bond motifs is 1. The Balaban J connectivity index is 1.66. The number of hydrogen-bond donors (Lipinski definition) is 1. The number of carboxylic acid groups (broad SMARTS) is 1. The van der Waals surface area contributed by atoms with Gasteiger partial charge in [-0.3, -0.25) is 14.2 Å². The highest BCUT2D eigenvalue weighted by atomic mass is 16.4. The van der Waals surface area contributed by atoms with Gasteiger partial charge in [0.2, 0.25) is 5.95 Å². The molecule has 0 radical (unpaired) electrons. The summed E-state index contributed by atoms with van der Waals surface area (Å²) in [6.07, 6.45) is 3.25. The van der Waals surface area contributed by atoms with E-state index in [1.807, 2.05) is 17.9 Å². The first-order chi connectivity index (χ1) is 16.9. The number of carbonyl (C=O) groups is 2. The average molecular weight is 475 g/mol. The largest absolute Gasteiger partial charge is 0.465 e. The Morgan fingerprint density at radius 2 is 1.97 bits per heavy atom. The third-order valence-electron chi connectivity index (χ3n) is 7.21. The van der Waals surface area contributed by atoms with Crippen molar-refractivity contribution in [2.45, 2.75) is 31.8 Å². The van der Waals surface area contributed by atoms with Gasteiger partial charge in [0, 0.05) is 43.4 Å². The zero-order valence-corrected chi connectivity index (χ0v) is 19.4. The number of ketones is 1. The average Bonchev–Trinajstić information content (AvgIpc) is 3.33. The Labute approximate surface area is 201 Å². The highest BCUT2D eigenvalue weighted by molar-refractivity contribution is 5.99. The number of anilines is 1. The molecule has 2 aliphatic rings. The normalized spacial score (nSPS) is 21.2. The van der Waals surface area contributed by atoms with Gasteiger partial charge in [-0.15, -0.1) is 0 Å². The number of Topliss-reactive ketones (excluding diaryl/α,β-unsaturated/α-hetero) is 1. The Kier molecular flexibility index (Phi) is 5.80. The molecule has 180 valence electrons. The van der Waals surface area contributed by atoms with Crippen LogP contribution in [0.3, 0.4) is 0 Å². The first kappa shape index (κ1) is 22.7. The molecule has 10 nitrogen and oxygen atoms in total. The molecule has 2 atom stereocenters. The molecule has 4 heterocycles. The monoisotopic (exact) mass is 474 g/mol. The topological polar surface area (TPSA) is 122 Å². The van der Waals surface area contributed by atoms with Gasteiger partial charge in [-0.1, -0.05) is 37.3 Å². The van der Waals surface area contributed by atoms with Gasteiger partial charge in [-0.05, 0) is 18.9 Å². The molecular weight excluding hydrogens is 448 g/mol. The number of hydrogen-bond acceptors (Lipinski definition) is 7. The predicted molar refractivity (Wildman–Crippen MR) is 128 cm³/mol. The molecule has 1 aromatic carbocycles. The van der Waals surface area contributed by atoms with Crippen LogP contribution in [0, 0.1) is 5.92 Å². The SMILES string of the molecule is CCC1Cn2c(nc(-c3ccncn3)cc2=O)N(CC(=O)c2ccccc2)C12CCN(C(=O)O)C2. The number of aromatic nitrogens is 4. The summed E-state index contributed by atoms with van der Waals surface area (Å²) in [5.41, 5.74) is 0.554. The lowest BCUT2D eigenvalue weighted by atomic mass is 9.77. The molecule has 35 heavy (non-hydrogen) atoms. The molecule has 2 aliphatic heterocycles. The molecule has 0 bridgehead atoms. The second-order valence-corrected chi connectivity index (χ2v) is 9.02. The maximum Gasteiger partial charge on any atom is 0.407 e. The smallest absolute Gasteiger partial charge is 0.407 e. The number of carbonyl (C=O) groups excluding carboxylic acids is 1. The fourth-order valence-corrected chi connectivity index (χ4v) is 5.38. The van der Waals surface area contributed by atoms with Crippen molar-refractivity contribution >= 4 is 17.8 Å². The van der Waals surface area contributed by atoms with Crippen molar-refractivity contribution in [2.24, 2.45) is 5.92 Å². The van der Waals surface area contributed by atoms with Gasteiger partial charge in [0.05, 0.1) is 23.5 Å². The highest BCUT2D eigenvalue weighted by Gasteiger charge is 2.53. The molecule has 1 fully saturated rings. The third kappa shape index (κ3) is 3.94. The Bertz CT molecular complexity index is 1310. The lowest BCUT2D eigenvalue weighted by molar-refractivity contribution is 0.0971. The van der Waals surface area contributed by atoms with Gasteiger partial charge in [0.15, 0.2) is 5.78 Å². The van der Waals surface area contributed by atoms with Crippen molar-refractivity contribution in [2.75, 3.05) is 24.5 Å². The minimum Gasteiger partial charge on any atom is -0.465 e. The standard InChI is InChI=1S/C25H26N6O4/c1-2-18-13-30-22(33)12-20(19-8-10-26-16-27-19)28-23(30)31(14-21(32)17-6-4-3-5-7-17)25(18)9-11-29(15-25)24(34)35/h3-8,10,12,16,18H,2,9,11,13-15H2,1H3,(H,34,35). The van der Waals surface area contributed by atoms with Crippen LogP contribution in [0.15, 0.2) is 59.8 Å². The molecule has 2 unspecified atom stereocenters. The molecule has 1 N–H and O–H groups in total. The van der Waals surface area contributed by atoms with Crippen LogP contribution in [0.5, 0.6) is 0 Å². The quantitative estimate of drug-likeness (QED) is 0.560. The van der Waals surface area contributed by atoms with Crippen LogP contribution in [0.1, 0.15) is 30.1 Å². The number of benzene rings is 1. The van der Waals surface area contributed by atoms with Crippen molar-refractivity contribution in [3.63, 3.8) is 0 Å². The molecule has 2 aromatic heterocycles. The summed E-state index contributed by atoms with van der Waals surface area (Å²) in [7, 11) is 0. The Hall–Kier alpha value is -4.08. The van der Waals surface area contributed by atoms with Gasteiger partial charge in [0.1, 0.15) is 6.33 Å². The van der Waals surface area contributed by atoms with E-state index in [-0.39, 0.29) is 30.3 Å². The fourth-order valence-electron chi connectivity index (χ4n) is 5.38. The van der Waals surface area contributed by atoms with E-state index in [1.54, 1.807) is 41.1 Å². The van der Waals surface area contributed by atoms with E-state index < -0.39 is 11.6 Å². The van der Waals surface area contributed by atoms with Crippen molar-refractivity contribution in [3.8, 4) is 11.4 Å². The Morgan fingerprint density at radius 1 is 1.17 bits per heavy atom. The zero-order chi connectivity index (χ0) is 24.6. The zero-order valence-electron chi connectivity index (χ0n) is 19.4. The van der Waals surface area contributed by atoms with Gasteiger partial charge in [-0.2, -0.15) is 0 Å². The minimum absolute atomic E-state index is 0.0202. The maximum absolute atomic E-state index is 13.4. The van der Waals surface area contributed by atoms with E-state index in [2.05, 4.69) is 9.97 Å². The van der Waals surface area contributed by atoms with Crippen LogP contribution in [0.4, 0.5) is 10.7 Å². The van der Waals surface area contributed by atoms with Crippen LogP contribution in [0.25, 0.3) is 11.4 Å². The Morgan fingerprint density at radius 3 is 2.63 bits per heavy atom. The first-order valence-electron chi connectivity index (χ1n) is 11.6. The van der Waals surface area contributed by atoms with Crippen LogP contribution in [0.2, 0.25) is 0 Å². The van der Waals surface area contributed by atoms with Crippen LogP contribution >= 0.6 is 0 Å². The molecule has 0 aliphatic carbocycles. The van der Waals surface area contributed by atoms with E-state index in [1.165, 1.54) is 17.3 Å². The summed E-state index contributed by atoms with van der Waals surface area (Å²) < 4.78 is 1.60. The minimum atomic E-state index is -0.989. The van der Waals surface area contributed by atoms with Gasteiger partial charge >= 0.3 is 6.09 Å². The van der Waals surface area contributed by atoms with E-state index in [4.69, 9.17) is 4.98 Å². The molecule has 0 saturated carbocycles. The number of rotatable bonds is 5. The molecule has 10 heteroatoms. The van der Waals surface area contributed by atoms with Gasteiger partial charge in [-0.25, -0.2) is 19.7 Å². The summed E-state index contributed by atoms with van der Waals surface area (Å²) in [4.78, 5) is 54.8. The van der Waals surface area contributed by atoms with Crippen molar-refractivity contribution in [3.05, 3.63) is 70.9 Å². The van der Waals surface area contributed by atoms with Gasteiger partial charge in [0.25, 0.3) is 5.56 Å². The van der Waals surface area contributed by atoms with E-state index in [9.17, 15) is 19.5 Å². The summed E-state index contributed by atoms with van der Waals surface area (Å²) in [6.45, 7) is 3.03. The predicted octanol–water partition coefficient (Wildman–Crippen LogP) is 2.55. The summed E-state index contributed by atoms with van der Waals surface area (Å²) in [6, 6.07) is 12.1. The second kappa shape index (κ2) is 8.94. The summed E-state index contributed by atoms with van der Waals surface area (Å²) >= 11 is 0. The maximum atomic E-state index is 13.4. The van der Waals surface area contributed by atoms with Crippen LogP contribution in [-0.2, 0) is 6.54 Å². The van der Waals surface area contributed by atoms with Crippen LogP contribution in [-0.4, -0.2) is 66.6 Å². The third-order valence-corrected chi connectivity index (χ3v) is 7.21. The fraction of sp³-hybridized carbons (Fsp3) is 0.360. The molecular formula is C25H26N6O4. The first-order valence-corrected chi connectivity index (χ1v) is 11.6.